The van der Waals surface area contributed by atoms with Gasteiger partial charge in [-0.25, -0.2) is 0 Å². The molecular weight excluding hydrogens is 330 g/mol. The number of piperidine rings is 1. The van der Waals surface area contributed by atoms with Crippen LogP contribution in [0.2, 0.25) is 0 Å². The zero-order valence-electron chi connectivity index (χ0n) is 15.4. The molecule has 1 unspecified atom stereocenters. The number of carboxylic acids is 1. The van der Waals surface area contributed by atoms with Crippen LogP contribution < -0.4 is 0 Å². The van der Waals surface area contributed by atoms with Crippen molar-refractivity contribution in [2.45, 2.75) is 44.4 Å². The Morgan fingerprint density at radius 3 is 2.35 bits per heavy atom. The van der Waals surface area contributed by atoms with Crippen molar-refractivity contribution in [3.8, 4) is 0 Å². The molecule has 2 saturated heterocycles. The summed E-state index contributed by atoms with van der Waals surface area (Å²) < 4.78 is 5.57. The molecule has 1 N–H and O–H groups in total. The molecule has 5 heteroatoms. The van der Waals surface area contributed by atoms with Crippen LogP contribution in [0.1, 0.15) is 43.2 Å². The van der Waals surface area contributed by atoms with E-state index in [4.69, 9.17) is 4.74 Å². The maximum Gasteiger partial charge on any atom is 0.307 e. The Morgan fingerprint density at radius 1 is 1.12 bits per heavy atom. The van der Waals surface area contributed by atoms with E-state index in [-0.39, 0.29) is 17.2 Å². The summed E-state index contributed by atoms with van der Waals surface area (Å²) in [4.78, 5) is 26.9. The Hall–Kier alpha value is -1.88. The number of aryl methyl sites for hydroxylation is 1. The lowest BCUT2D eigenvalue weighted by Gasteiger charge is -2.43. The van der Waals surface area contributed by atoms with E-state index < -0.39 is 11.4 Å². The van der Waals surface area contributed by atoms with Crippen LogP contribution in [-0.4, -0.2) is 48.2 Å². The fraction of sp³-hybridized carbons (Fsp3) is 0.619. The summed E-state index contributed by atoms with van der Waals surface area (Å²) in [6.45, 7) is 4.65. The summed E-state index contributed by atoms with van der Waals surface area (Å²) in [6, 6.07) is 8.19. The highest BCUT2D eigenvalue weighted by molar-refractivity contribution is 5.89. The smallest absolute Gasteiger partial charge is 0.307 e. The van der Waals surface area contributed by atoms with E-state index in [2.05, 4.69) is 19.1 Å². The Morgan fingerprint density at radius 2 is 1.77 bits per heavy atom. The summed E-state index contributed by atoms with van der Waals surface area (Å²) in [5.41, 5.74) is 1.74. The van der Waals surface area contributed by atoms with Gasteiger partial charge in [0.05, 0.1) is 11.3 Å². The first-order chi connectivity index (χ1) is 12.5. The fourth-order valence-electron chi connectivity index (χ4n) is 5.14. The summed E-state index contributed by atoms with van der Waals surface area (Å²) >= 11 is 0. The van der Waals surface area contributed by atoms with Crippen LogP contribution in [0, 0.1) is 18.3 Å². The molecule has 1 aromatic rings. The molecule has 140 valence electrons. The van der Waals surface area contributed by atoms with Crippen molar-refractivity contribution in [2.24, 2.45) is 11.3 Å². The molecule has 2 aliphatic heterocycles. The van der Waals surface area contributed by atoms with Gasteiger partial charge in [-0.2, -0.15) is 0 Å². The highest BCUT2D eigenvalue weighted by Gasteiger charge is 2.59. The predicted octanol–water partition coefficient (Wildman–Crippen LogP) is 2.76. The Kier molecular flexibility index (Phi) is 4.30. The summed E-state index contributed by atoms with van der Waals surface area (Å²) in [5.74, 6) is -0.670. The van der Waals surface area contributed by atoms with Crippen molar-refractivity contribution in [3.05, 3.63) is 35.4 Å². The van der Waals surface area contributed by atoms with Gasteiger partial charge in [0.1, 0.15) is 0 Å². The maximum absolute atomic E-state index is 13.6. The molecule has 0 radical (unpaired) electrons. The second-order valence-electron chi connectivity index (χ2n) is 8.26. The molecule has 1 aliphatic carbocycles. The topological polar surface area (TPSA) is 66.8 Å². The first kappa shape index (κ1) is 17.5. The van der Waals surface area contributed by atoms with E-state index in [0.717, 1.165) is 43.2 Å². The number of benzene rings is 1. The molecular formula is C21H27NO4. The van der Waals surface area contributed by atoms with Crippen molar-refractivity contribution >= 4 is 11.9 Å². The molecule has 1 atom stereocenters. The monoisotopic (exact) mass is 357 g/mol. The number of rotatable bonds is 3. The highest BCUT2D eigenvalue weighted by atomic mass is 16.5. The summed E-state index contributed by atoms with van der Waals surface area (Å²) in [6.07, 6.45) is 3.85. The normalized spacial score (nSPS) is 26.5. The zero-order valence-corrected chi connectivity index (χ0v) is 15.4. The number of ether oxygens (including phenoxy) is 1. The first-order valence-electron chi connectivity index (χ1n) is 9.65. The highest BCUT2D eigenvalue weighted by Crippen LogP contribution is 2.59. The van der Waals surface area contributed by atoms with Crippen LogP contribution in [0.25, 0.3) is 0 Å². The van der Waals surface area contributed by atoms with Crippen LogP contribution >= 0.6 is 0 Å². The first-order valence-corrected chi connectivity index (χ1v) is 9.65. The lowest BCUT2D eigenvalue weighted by Crippen LogP contribution is -2.52. The van der Waals surface area contributed by atoms with Gasteiger partial charge in [-0.05, 0) is 55.6 Å². The van der Waals surface area contributed by atoms with Crippen LogP contribution in [0.5, 0.6) is 0 Å². The number of amides is 1. The van der Waals surface area contributed by atoms with Crippen LogP contribution in [0.4, 0.5) is 0 Å². The fourth-order valence-corrected chi connectivity index (χ4v) is 5.14. The van der Waals surface area contributed by atoms with E-state index >= 15 is 0 Å². The Balaban J connectivity index is 1.55. The molecule has 3 fully saturated rings. The lowest BCUT2D eigenvalue weighted by atomic mass is 9.71. The number of hydrogen-bond acceptors (Lipinski definition) is 3. The number of likely N-dealkylation sites (tertiary alicyclic amines) is 1. The predicted molar refractivity (Wildman–Crippen MR) is 96.9 cm³/mol. The molecule has 1 spiro atoms. The van der Waals surface area contributed by atoms with Gasteiger partial charge in [0.25, 0.3) is 0 Å². The standard InChI is InChI=1S/C21H27NO4/c1-15-4-2-3-5-16(15)21(8-12-26-13-9-21)19(25)22-10-6-20(7-11-22)14-17(20)18(23)24/h2-5,17H,6-14H2,1H3,(H,23,24). The quantitative estimate of drug-likeness (QED) is 0.903. The van der Waals surface area contributed by atoms with E-state index in [9.17, 15) is 14.7 Å². The second-order valence-corrected chi connectivity index (χ2v) is 8.26. The average Bonchev–Trinajstić information content (AvgIpc) is 3.36. The maximum atomic E-state index is 13.6. The van der Waals surface area contributed by atoms with Crippen LogP contribution in [0.3, 0.4) is 0 Å². The Bertz CT molecular complexity index is 714. The largest absolute Gasteiger partial charge is 0.481 e. The minimum absolute atomic E-state index is 0.0475. The summed E-state index contributed by atoms with van der Waals surface area (Å²) in [7, 11) is 0. The van der Waals surface area contributed by atoms with E-state index in [1.54, 1.807) is 0 Å². The molecule has 5 nitrogen and oxygen atoms in total. The molecule has 1 aromatic carbocycles. The van der Waals surface area contributed by atoms with Gasteiger partial charge in [0.15, 0.2) is 0 Å². The van der Waals surface area contributed by atoms with Crippen molar-refractivity contribution < 1.29 is 19.4 Å². The van der Waals surface area contributed by atoms with E-state index in [1.807, 2.05) is 17.0 Å². The third-order valence-corrected chi connectivity index (χ3v) is 6.95. The third-order valence-electron chi connectivity index (χ3n) is 6.95. The molecule has 2 heterocycles. The van der Waals surface area contributed by atoms with Gasteiger partial charge >= 0.3 is 5.97 Å². The van der Waals surface area contributed by atoms with Gasteiger partial charge in [0, 0.05) is 26.3 Å². The van der Waals surface area contributed by atoms with Crippen molar-refractivity contribution in [1.82, 2.24) is 4.90 Å². The molecule has 0 aromatic heterocycles. The van der Waals surface area contributed by atoms with Crippen LogP contribution in [-0.2, 0) is 19.7 Å². The van der Waals surface area contributed by atoms with Crippen LogP contribution in [0.15, 0.2) is 24.3 Å². The summed E-state index contributed by atoms with van der Waals surface area (Å²) in [5, 5.41) is 9.28. The minimum Gasteiger partial charge on any atom is -0.481 e. The molecule has 1 saturated carbocycles. The molecule has 26 heavy (non-hydrogen) atoms. The van der Waals surface area contributed by atoms with Crippen molar-refractivity contribution in [3.63, 3.8) is 0 Å². The Labute approximate surface area is 154 Å². The number of carboxylic acid groups (broad SMARTS) is 1. The molecule has 1 amide bonds. The number of nitrogens with zero attached hydrogens (tertiary/aromatic N) is 1. The van der Waals surface area contributed by atoms with E-state index in [0.29, 0.717) is 26.3 Å². The van der Waals surface area contributed by atoms with Gasteiger partial charge in [-0.1, -0.05) is 24.3 Å². The van der Waals surface area contributed by atoms with Gasteiger partial charge in [0.2, 0.25) is 5.91 Å². The third kappa shape index (κ3) is 2.73. The molecule has 4 rings (SSSR count). The minimum atomic E-state index is -0.675. The average molecular weight is 357 g/mol. The van der Waals surface area contributed by atoms with Crippen molar-refractivity contribution in [1.29, 1.82) is 0 Å². The second kappa shape index (κ2) is 6.38. The van der Waals surface area contributed by atoms with Crippen molar-refractivity contribution in [2.75, 3.05) is 26.3 Å². The van der Waals surface area contributed by atoms with Gasteiger partial charge in [-0.3, -0.25) is 9.59 Å². The van der Waals surface area contributed by atoms with Gasteiger partial charge in [-0.15, -0.1) is 0 Å². The van der Waals surface area contributed by atoms with E-state index in [1.165, 1.54) is 0 Å². The molecule has 3 aliphatic rings. The zero-order chi connectivity index (χ0) is 18.4. The lowest BCUT2D eigenvalue weighted by molar-refractivity contribution is -0.143. The number of aliphatic carboxylic acids is 1. The molecule has 0 bridgehead atoms. The number of carbonyl (C=O) groups excluding carboxylic acids is 1. The SMILES string of the molecule is Cc1ccccc1C1(C(=O)N2CCC3(CC2)CC3C(=O)O)CCOCC1. The van der Waals surface area contributed by atoms with Gasteiger partial charge < -0.3 is 14.7 Å². The number of hydrogen-bond donors (Lipinski definition) is 1. The number of carbonyl (C=O) groups is 2.